The van der Waals surface area contributed by atoms with E-state index in [-0.39, 0.29) is 0 Å². The quantitative estimate of drug-likeness (QED) is 0.812. The predicted octanol–water partition coefficient (Wildman–Crippen LogP) is 0.521. The maximum absolute atomic E-state index is 11.4. The lowest BCUT2D eigenvalue weighted by atomic mass is 9.94. The minimum absolute atomic E-state index is 0.549. The Kier molecular flexibility index (Phi) is 2.40. The van der Waals surface area contributed by atoms with Crippen molar-refractivity contribution in [3.63, 3.8) is 0 Å². The molecule has 0 bridgehead atoms. The number of hydrogen-bond donors (Lipinski definition) is 1. The van der Waals surface area contributed by atoms with Gasteiger partial charge in [-0.15, -0.1) is 0 Å². The first-order chi connectivity index (χ1) is 7.65. The van der Waals surface area contributed by atoms with Crippen molar-refractivity contribution >= 4 is 5.97 Å². The average Bonchev–Trinajstić information content (AvgIpc) is 2.82. The van der Waals surface area contributed by atoms with Crippen LogP contribution in [0.25, 0.3) is 0 Å². The van der Waals surface area contributed by atoms with Gasteiger partial charge in [0, 0.05) is 18.0 Å². The van der Waals surface area contributed by atoms with Crippen LogP contribution in [-0.4, -0.2) is 30.8 Å². The second kappa shape index (κ2) is 3.73. The predicted molar refractivity (Wildman–Crippen MR) is 54.6 cm³/mol. The molecule has 0 spiro atoms. The first-order valence-corrected chi connectivity index (χ1v) is 4.64. The fourth-order valence-electron chi connectivity index (χ4n) is 1.44. The molecule has 6 heteroatoms. The van der Waals surface area contributed by atoms with Gasteiger partial charge in [0.1, 0.15) is 12.7 Å². The van der Waals surface area contributed by atoms with Crippen molar-refractivity contribution < 1.29 is 9.90 Å². The van der Waals surface area contributed by atoms with Crippen molar-refractivity contribution in [3.05, 3.63) is 42.7 Å². The van der Waals surface area contributed by atoms with Crippen molar-refractivity contribution in [2.75, 3.05) is 0 Å². The van der Waals surface area contributed by atoms with Gasteiger partial charge in [-0.05, 0) is 13.0 Å². The molecule has 0 saturated carbocycles. The number of aliphatic carboxylic acids is 1. The normalized spacial score (nSPS) is 14.3. The van der Waals surface area contributed by atoms with E-state index < -0.39 is 11.5 Å². The molecule has 2 heterocycles. The first kappa shape index (κ1) is 10.3. The third kappa shape index (κ3) is 1.44. The molecule has 2 aromatic heterocycles. The molecule has 1 unspecified atom stereocenters. The summed E-state index contributed by atoms with van der Waals surface area (Å²) in [5.74, 6) is -1.01. The molecule has 1 atom stereocenters. The molecule has 0 fully saturated rings. The number of carbonyl (C=O) groups is 1. The van der Waals surface area contributed by atoms with E-state index in [4.69, 9.17) is 0 Å². The monoisotopic (exact) mass is 218 g/mol. The lowest BCUT2D eigenvalue weighted by molar-refractivity contribution is -0.144. The Morgan fingerprint density at radius 2 is 2.31 bits per heavy atom. The van der Waals surface area contributed by atoms with E-state index in [0.717, 1.165) is 0 Å². The summed E-state index contributed by atoms with van der Waals surface area (Å²) in [5.41, 5.74) is -0.738. The Bertz CT molecular complexity index is 483. The highest BCUT2D eigenvalue weighted by Gasteiger charge is 2.38. The topological polar surface area (TPSA) is 80.9 Å². The number of carboxylic acid groups (broad SMARTS) is 1. The van der Waals surface area contributed by atoms with Crippen LogP contribution in [-0.2, 0) is 10.3 Å². The van der Waals surface area contributed by atoms with Crippen molar-refractivity contribution in [2.45, 2.75) is 12.5 Å². The summed E-state index contributed by atoms with van der Waals surface area (Å²) in [6.07, 6.45) is 5.78. The summed E-state index contributed by atoms with van der Waals surface area (Å²) in [4.78, 5) is 19.1. The average molecular weight is 218 g/mol. The zero-order valence-corrected chi connectivity index (χ0v) is 8.61. The second-order valence-electron chi connectivity index (χ2n) is 3.46. The van der Waals surface area contributed by atoms with Crippen LogP contribution in [0.2, 0.25) is 0 Å². The molecule has 2 rings (SSSR count). The van der Waals surface area contributed by atoms with Gasteiger partial charge in [-0.3, -0.25) is 4.98 Å². The molecular weight excluding hydrogens is 208 g/mol. The molecule has 2 aromatic rings. The van der Waals surface area contributed by atoms with Crippen molar-refractivity contribution in [3.8, 4) is 0 Å². The van der Waals surface area contributed by atoms with E-state index in [2.05, 4.69) is 15.1 Å². The van der Waals surface area contributed by atoms with Crippen molar-refractivity contribution in [1.29, 1.82) is 0 Å². The van der Waals surface area contributed by atoms with E-state index >= 15 is 0 Å². The number of rotatable bonds is 3. The van der Waals surface area contributed by atoms with Crippen LogP contribution >= 0.6 is 0 Å². The van der Waals surface area contributed by atoms with Crippen LogP contribution < -0.4 is 0 Å². The maximum Gasteiger partial charge on any atom is 0.336 e. The van der Waals surface area contributed by atoms with Gasteiger partial charge in [-0.1, -0.05) is 6.07 Å². The van der Waals surface area contributed by atoms with Gasteiger partial charge in [0.2, 0.25) is 0 Å². The third-order valence-electron chi connectivity index (χ3n) is 2.52. The standard InChI is InChI=1S/C10H10N4O2/c1-10(9(15)16,14-7-12-6-13-14)8-3-2-4-11-5-8/h2-7H,1H3,(H,15,16). The van der Waals surface area contributed by atoms with E-state index in [1.165, 1.54) is 23.5 Å². The summed E-state index contributed by atoms with van der Waals surface area (Å²) in [6, 6.07) is 3.39. The van der Waals surface area contributed by atoms with Gasteiger partial charge in [0.05, 0.1) is 0 Å². The minimum atomic E-state index is -1.29. The number of pyridine rings is 1. The molecule has 82 valence electrons. The van der Waals surface area contributed by atoms with E-state index in [1.54, 1.807) is 25.3 Å². The highest BCUT2D eigenvalue weighted by Crippen LogP contribution is 2.24. The van der Waals surface area contributed by atoms with Gasteiger partial charge in [-0.25, -0.2) is 14.5 Å². The van der Waals surface area contributed by atoms with Crippen LogP contribution in [0.4, 0.5) is 0 Å². The van der Waals surface area contributed by atoms with Crippen LogP contribution in [0.5, 0.6) is 0 Å². The Hall–Kier alpha value is -2.24. The molecule has 0 aliphatic carbocycles. The number of nitrogens with zero attached hydrogens (tertiary/aromatic N) is 4. The largest absolute Gasteiger partial charge is 0.479 e. The SMILES string of the molecule is CC(C(=O)O)(c1cccnc1)n1cncn1. The van der Waals surface area contributed by atoms with Gasteiger partial charge in [0.15, 0.2) is 5.54 Å². The fraction of sp³-hybridized carbons (Fsp3) is 0.200. The molecule has 0 aliphatic rings. The highest BCUT2D eigenvalue weighted by atomic mass is 16.4. The van der Waals surface area contributed by atoms with Crippen molar-refractivity contribution in [2.24, 2.45) is 0 Å². The second-order valence-corrected chi connectivity index (χ2v) is 3.46. The van der Waals surface area contributed by atoms with Gasteiger partial charge in [0.25, 0.3) is 0 Å². The number of aromatic nitrogens is 4. The Labute approximate surface area is 91.6 Å². The fourth-order valence-corrected chi connectivity index (χ4v) is 1.44. The summed E-state index contributed by atoms with van der Waals surface area (Å²) in [6.45, 7) is 1.56. The van der Waals surface area contributed by atoms with Crippen molar-refractivity contribution in [1.82, 2.24) is 19.7 Å². The van der Waals surface area contributed by atoms with E-state index in [9.17, 15) is 9.90 Å². The first-order valence-electron chi connectivity index (χ1n) is 4.64. The molecule has 6 nitrogen and oxygen atoms in total. The Morgan fingerprint density at radius 3 is 2.81 bits per heavy atom. The molecule has 0 aromatic carbocycles. The van der Waals surface area contributed by atoms with Crippen LogP contribution in [0.3, 0.4) is 0 Å². The molecule has 0 radical (unpaired) electrons. The van der Waals surface area contributed by atoms with Crippen LogP contribution in [0.15, 0.2) is 37.2 Å². The van der Waals surface area contributed by atoms with Crippen LogP contribution in [0.1, 0.15) is 12.5 Å². The smallest absolute Gasteiger partial charge is 0.336 e. The van der Waals surface area contributed by atoms with Crippen LogP contribution in [0, 0.1) is 0 Å². The van der Waals surface area contributed by atoms with Gasteiger partial charge >= 0.3 is 5.97 Å². The summed E-state index contributed by atoms with van der Waals surface area (Å²) < 4.78 is 1.30. The molecule has 0 saturated heterocycles. The Balaban J connectivity index is 2.58. The molecular formula is C10H10N4O2. The van der Waals surface area contributed by atoms with Gasteiger partial charge in [-0.2, -0.15) is 5.10 Å². The molecule has 16 heavy (non-hydrogen) atoms. The number of carboxylic acids is 1. The third-order valence-corrected chi connectivity index (χ3v) is 2.52. The summed E-state index contributed by atoms with van der Waals surface area (Å²) in [5, 5.41) is 13.2. The maximum atomic E-state index is 11.4. The molecule has 1 N–H and O–H groups in total. The summed E-state index contributed by atoms with van der Waals surface area (Å²) in [7, 11) is 0. The molecule has 0 amide bonds. The van der Waals surface area contributed by atoms with Gasteiger partial charge < -0.3 is 5.11 Å². The van der Waals surface area contributed by atoms with E-state index in [0.29, 0.717) is 5.56 Å². The molecule has 0 aliphatic heterocycles. The van der Waals surface area contributed by atoms with E-state index in [1.807, 2.05) is 0 Å². The lowest BCUT2D eigenvalue weighted by Gasteiger charge is -2.24. The zero-order valence-electron chi connectivity index (χ0n) is 8.61. The minimum Gasteiger partial charge on any atom is -0.479 e. The Morgan fingerprint density at radius 1 is 1.50 bits per heavy atom. The number of hydrogen-bond acceptors (Lipinski definition) is 4. The zero-order chi connectivity index (χ0) is 11.6. The summed E-state index contributed by atoms with van der Waals surface area (Å²) >= 11 is 0. The lowest BCUT2D eigenvalue weighted by Crippen LogP contribution is -2.40. The highest BCUT2D eigenvalue weighted by molar-refractivity contribution is 5.80.